The number of hydrogen-bond acceptors (Lipinski definition) is 3. The van der Waals surface area contributed by atoms with Gasteiger partial charge in [-0.25, -0.2) is 0 Å². The molecule has 0 aromatic carbocycles. The molecule has 0 aliphatic carbocycles. The van der Waals surface area contributed by atoms with Gasteiger partial charge in [0, 0.05) is 24.5 Å². The summed E-state index contributed by atoms with van der Waals surface area (Å²) in [5.74, 6) is 0.363. The fourth-order valence-corrected chi connectivity index (χ4v) is 1.69. The van der Waals surface area contributed by atoms with Gasteiger partial charge in [0.1, 0.15) is 5.02 Å². The van der Waals surface area contributed by atoms with Gasteiger partial charge < -0.3 is 5.73 Å². The molecule has 5 nitrogen and oxygen atoms in total. The zero-order chi connectivity index (χ0) is 11.7. The number of nitrogen functional groups attached to an aromatic ring is 1. The Morgan fingerprint density at radius 1 is 1.29 bits per heavy atom. The lowest BCUT2D eigenvalue weighted by Gasteiger charge is -1.98. The van der Waals surface area contributed by atoms with Crippen molar-refractivity contribution in [3.63, 3.8) is 0 Å². The van der Waals surface area contributed by atoms with Crippen molar-refractivity contribution in [1.82, 2.24) is 19.6 Å². The van der Waals surface area contributed by atoms with Gasteiger partial charge in [-0.1, -0.05) is 11.6 Å². The summed E-state index contributed by atoms with van der Waals surface area (Å²) < 4.78 is 3.63. The van der Waals surface area contributed by atoms with Crippen molar-refractivity contribution in [3.8, 4) is 0 Å². The Kier molecular flexibility index (Phi) is 4.42. The zero-order valence-electron chi connectivity index (χ0n) is 9.72. The fraction of sp³-hybridized carbons (Fsp3) is 0.400. The van der Waals surface area contributed by atoms with Gasteiger partial charge in [-0.2, -0.15) is 10.2 Å². The van der Waals surface area contributed by atoms with Crippen LogP contribution in [0.4, 0.5) is 5.82 Å². The van der Waals surface area contributed by atoms with Crippen LogP contribution < -0.4 is 5.73 Å². The van der Waals surface area contributed by atoms with E-state index in [0.29, 0.717) is 17.4 Å². The predicted molar refractivity (Wildman–Crippen MR) is 70.6 cm³/mol. The summed E-state index contributed by atoms with van der Waals surface area (Å²) >= 11 is 5.84. The molecule has 0 saturated heterocycles. The molecule has 0 amide bonds. The summed E-state index contributed by atoms with van der Waals surface area (Å²) in [6.07, 6.45) is 3.74. The van der Waals surface area contributed by atoms with E-state index < -0.39 is 0 Å². The number of halogens is 2. The van der Waals surface area contributed by atoms with Crippen molar-refractivity contribution >= 4 is 29.8 Å². The Morgan fingerprint density at radius 2 is 2.00 bits per heavy atom. The van der Waals surface area contributed by atoms with Crippen LogP contribution in [0.2, 0.25) is 5.02 Å². The predicted octanol–water partition coefficient (Wildman–Crippen LogP) is 2.11. The van der Waals surface area contributed by atoms with E-state index in [1.165, 1.54) is 0 Å². The van der Waals surface area contributed by atoms with Gasteiger partial charge in [0.2, 0.25) is 0 Å². The van der Waals surface area contributed by atoms with Crippen LogP contribution in [-0.2, 0) is 13.1 Å². The van der Waals surface area contributed by atoms with Crippen LogP contribution in [0.15, 0.2) is 12.4 Å². The molecule has 2 aromatic rings. The molecular formula is C10H15Cl2N5. The van der Waals surface area contributed by atoms with Gasteiger partial charge >= 0.3 is 0 Å². The minimum atomic E-state index is 0. The van der Waals surface area contributed by atoms with E-state index in [1.807, 2.05) is 17.8 Å². The lowest BCUT2D eigenvalue weighted by molar-refractivity contribution is 0.651. The Morgan fingerprint density at radius 3 is 2.47 bits per heavy atom. The SMILES string of the molecule is CCn1cc(Cn2cc(Cl)c(N)n2)c(C)n1.Cl. The summed E-state index contributed by atoms with van der Waals surface area (Å²) in [5.41, 5.74) is 7.71. The first-order valence-electron chi connectivity index (χ1n) is 5.11. The number of nitrogens with two attached hydrogens (primary N) is 1. The minimum Gasteiger partial charge on any atom is -0.381 e. The molecule has 0 unspecified atom stereocenters. The van der Waals surface area contributed by atoms with E-state index in [9.17, 15) is 0 Å². The third-order valence-corrected chi connectivity index (χ3v) is 2.74. The largest absolute Gasteiger partial charge is 0.381 e. The van der Waals surface area contributed by atoms with Gasteiger partial charge in [-0.15, -0.1) is 12.4 Å². The second kappa shape index (κ2) is 5.42. The Hall–Kier alpha value is -1.20. The van der Waals surface area contributed by atoms with E-state index in [2.05, 4.69) is 17.1 Å². The maximum absolute atomic E-state index is 5.84. The molecule has 2 rings (SSSR count). The molecule has 0 aliphatic rings. The molecule has 7 heteroatoms. The molecule has 2 heterocycles. The van der Waals surface area contributed by atoms with E-state index in [0.717, 1.165) is 17.8 Å². The molecule has 17 heavy (non-hydrogen) atoms. The summed E-state index contributed by atoms with van der Waals surface area (Å²) in [6.45, 7) is 5.54. The molecule has 2 aromatic heterocycles. The van der Waals surface area contributed by atoms with Crippen LogP contribution in [-0.4, -0.2) is 19.6 Å². The monoisotopic (exact) mass is 275 g/mol. The van der Waals surface area contributed by atoms with E-state index in [1.54, 1.807) is 10.9 Å². The Labute approximate surface area is 111 Å². The number of rotatable bonds is 3. The summed E-state index contributed by atoms with van der Waals surface area (Å²) in [6, 6.07) is 0. The molecule has 2 N–H and O–H groups in total. The van der Waals surface area contributed by atoms with Crippen LogP contribution in [0.5, 0.6) is 0 Å². The van der Waals surface area contributed by atoms with Gasteiger partial charge in [0.25, 0.3) is 0 Å². The van der Waals surface area contributed by atoms with Crippen LogP contribution in [0.25, 0.3) is 0 Å². The first kappa shape index (κ1) is 13.9. The smallest absolute Gasteiger partial charge is 0.164 e. The van der Waals surface area contributed by atoms with Crippen molar-refractivity contribution in [2.45, 2.75) is 26.9 Å². The minimum absolute atomic E-state index is 0. The average Bonchev–Trinajstić information content (AvgIpc) is 2.73. The highest BCUT2D eigenvalue weighted by atomic mass is 35.5. The van der Waals surface area contributed by atoms with Crippen LogP contribution in [0.3, 0.4) is 0 Å². The van der Waals surface area contributed by atoms with Crippen molar-refractivity contribution in [2.24, 2.45) is 0 Å². The fourth-order valence-electron chi connectivity index (χ4n) is 1.54. The highest BCUT2D eigenvalue weighted by Gasteiger charge is 2.07. The first-order valence-corrected chi connectivity index (χ1v) is 5.49. The van der Waals surface area contributed by atoms with E-state index in [-0.39, 0.29) is 12.4 Å². The normalized spacial score (nSPS) is 10.3. The lowest BCUT2D eigenvalue weighted by atomic mass is 10.3. The van der Waals surface area contributed by atoms with E-state index in [4.69, 9.17) is 17.3 Å². The standard InChI is InChI=1S/C10H14ClN5.ClH/c1-3-15-4-8(7(2)13-15)5-16-6-9(11)10(12)14-16;/h4,6H,3,5H2,1-2H3,(H2,12,14);1H. The maximum atomic E-state index is 5.84. The quantitative estimate of drug-likeness (QED) is 0.934. The summed E-state index contributed by atoms with van der Waals surface area (Å²) in [7, 11) is 0. The van der Waals surface area contributed by atoms with Crippen LogP contribution in [0, 0.1) is 6.92 Å². The summed E-state index contributed by atoms with van der Waals surface area (Å²) in [5, 5.41) is 8.96. The topological polar surface area (TPSA) is 61.7 Å². The van der Waals surface area contributed by atoms with Crippen molar-refractivity contribution in [1.29, 1.82) is 0 Å². The zero-order valence-corrected chi connectivity index (χ0v) is 11.3. The third-order valence-electron chi connectivity index (χ3n) is 2.45. The van der Waals surface area contributed by atoms with Gasteiger partial charge in [-0.05, 0) is 13.8 Å². The molecular weight excluding hydrogens is 261 g/mol. The molecule has 94 valence electrons. The highest BCUT2D eigenvalue weighted by molar-refractivity contribution is 6.32. The van der Waals surface area contributed by atoms with Crippen LogP contribution >= 0.6 is 24.0 Å². The summed E-state index contributed by atoms with van der Waals surface area (Å²) in [4.78, 5) is 0. The van der Waals surface area contributed by atoms with Crippen molar-refractivity contribution in [3.05, 3.63) is 28.7 Å². The second-order valence-electron chi connectivity index (χ2n) is 3.66. The van der Waals surface area contributed by atoms with E-state index >= 15 is 0 Å². The van der Waals surface area contributed by atoms with Gasteiger partial charge in [-0.3, -0.25) is 9.36 Å². The second-order valence-corrected chi connectivity index (χ2v) is 4.06. The molecule has 0 bridgehead atoms. The lowest BCUT2D eigenvalue weighted by Crippen LogP contribution is -2.01. The van der Waals surface area contributed by atoms with Gasteiger partial charge in [0.05, 0.1) is 12.2 Å². The first-order chi connectivity index (χ1) is 7.60. The number of hydrogen-bond donors (Lipinski definition) is 1. The Bertz CT molecular complexity index is 483. The molecule has 0 fully saturated rings. The maximum Gasteiger partial charge on any atom is 0.164 e. The number of nitrogens with zero attached hydrogens (tertiary/aromatic N) is 4. The Balaban J connectivity index is 0.00000144. The van der Waals surface area contributed by atoms with Gasteiger partial charge in [0.15, 0.2) is 5.82 Å². The van der Waals surface area contributed by atoms with Crippen molar-refractivity contribution in [2.75, 3.05) is 5.73 Å². The number of aromatic nitrogens is 4. The molecule has 0 spiro atoms. The molecule has 0 atom stereocenters. The molecule has 0 saturated carbocycles. The number of aryl methyl sites for hydroxylation is 2. The highest BCUT2D eigenvalue weighted by Crippen LogP contribution is 2.17. The third kappa shape index (κ3) is 2.92. The van der Waals surface area contributed by atoms with Crippen molar-refractivity contribution < 1.29 is 0 Å². The molecule has 0 aliphatic heterocycles. The van der Waals surface area contributed by atoms with Crippen LogP contribution in [0.1, 0.15) is 18.2 Å². The average molecular weight is 276 g/mol. The molecule has 0 radical (unpaired) electrons. The number of anilines is 1.